The lowest BCUT2D eigenvalue weighted by Crippen LogP contribution is -2.40. The Kier molecular flexibility index (Phi) is 5.75. The van der Waals surface area contributed by atoms with Gasteiger partial charge in [0.1, 0.15) is 11.5 Å². The van der Waals surface area contributed by atoms with Crippen LogP contribution in [-0.2, 0) is 29.0 Å². The maximum Gasteiger partial charge on any atom is 0.226 e. The third-order valence-corrected chi connectivity index (χ3v) is 5.95. The van der Waals surface area contributed by atoms with Gasteiger partial charge in [-0.15, -0.1) is 11.3 Å². The van der Waals surface area contributed by atoms with Crippen molar-refractivity contribution >= 4 is 28.8 Å². The summed E-state index contributed by atoms with van der Waals surface area (Å²) in [7, 11) is 0. The number of benzene rings is 1. The highest BCUT2D eigenvalue weighted by Crippen LogP contribution is 2.30. The third kappa shape index (κ3) is 4.63. The molecule has 0 saturated carbocycles. The van der Waals surface area contributed by atoms with E-state index in [1.807, 2.05) is 11.4 Å². The summed E-state index contributed by atoms with van der Waals surface area (Å²) in [5.41, 5.74) is 3.04. The third-order valence-electron chi connectivity index (χ3n) is 4.87. The maximum atomic E-state index is 13.1. The number of nitrogens with zero attached hydrogens (tertiary/aromatic N) is 1. The van der Waals surface area contributed by atoms with Crippen LogP contribution in [0.15, 0.2) is 29.6 Å². The average Bonchev–Trinajstić information content (AvgIpc) is 3.08. The Bertz CT molecular complexity index is 886. The number of ketones is 2. The van der Waals surface area contributed by atoms with E-state index in [9.17, 15) is 19.5 Å². The number of rotatable bonds is 6. The van der Waals surface area contributed by atoms with Gasteiger partial charge >= 0.3 is 0 Å². The Morgan fingerprint density at radius 3 is 2.63 bits per heavy atom. The number of carbonyl (C=O) groups excluding carboxylic acids is 3. The van der Waals surface area contributed by atoms with Gasteiger partial charge in [-0.2, -0.15) is 0 Å². The van der Waals surface area contributed by atoms with Crippen LogP contribution < -0.4 is 0 Å². The Balaban J connectivity index is 1.76. The SMILES string of the molecule is CC(=O)CN(Cc1csc(C(C)=O)c1)C(=O)C1CCc2cc(O)ccc2C1. The highest BCUT2D eigenvalue weighted by atomic mass is 32.1. The second-order valence-corrected chi connectivity index (χ2v) is 8.08. The minimum Gasteiger partial charge on any atom is -0.508 e. The van der Waals surface area contributed by atoms with Gasteiger partial charge in [0.25, 0.3) is 0 Å². The number of phenolic OH excluding ortho intramolecular Hbond substituents is 1. The predicted octanol–water partition coefficient (Wildman–Crippen LogP) is 3.38. The number of fused-ring (bicyclic) bond motifs is 1. The number of amides is 1. The Morgan fingerprint density at radius 2 is 1.96 bits per heavy atom. The van der Waals surface area contributed by atoms with Crippen molar-refractivity contribution in [2.45, 2.75) is 39.7 Å². The number of Topliss-reactive ketones (excluding diaryl/α,β-unsaturated/α-hetero) is 2. The fourth-order valence-corrected chi connectivity index (χ4v) is 4.36. The van der Waals surface area contributed by atoms with Gasteiger partial charge in [0.05, 0.1) is 11.4 Å². The van der Waals surface area contributed by atoms with Gasteiger partial charge in [-0.25, -0.2) is 0 Å². The molecular weight excluding hydrogens is 362 g/mol. The van der Waals surface area contributed by atoms with Crippen molar-refractivity contribution < 1.29 is 19.5 Å². The van der Waals surface area contributed by atoms with Crippen molar-refractivity contribution in [2.24, 2.45) is 5.92 Å². The molecule has 3 rings (SSSR count). The largest absolute Gasteiger partial charge is 0.508 e. The van der Waals surface area contributed by atoms with E-state index in [1.165, 1.54) is 25.2 Å². The first-order chi connectivity index (χ1) is 12.8. The molecule has 0 aliphatic heterocycles. The molecule has 0 bridgehead atoms. The van der Waals surface area contributed by atoms with Crippen molar-refractivity contribution in [3.63, 3.8) is 0 Å². The first kappa shape index (κ1) is 19.3. The highest BCUT2D eigenvalue weighted by Gasteiger charge is 2.29. The summed E-state index contributed by atoms with van der Waals surface area (Å²) < 4.78 is 0. The van der Waals surface area contributed by atoms with E-state index in [-0.39, 0.29) is 35.7 Å². The highest BCUT2D eigenvalue weighted by molar-refractivity contribution is 7.12. The van der Waals surface area contributed by atoms with Gasteiger partial charge in [-0.05, 0) is 73.4 Å². The lowest BCUT2D eigenvalue weighted by Gasteiger charge is -2.29. The van der Waals surface area contributed by atoms with Crippen molar-refractivity contribution in [3.8, 4) is 5.75 Å². The first-order valence-electron chi connectivity index (χ1n) is 9.01. The van der Waals surface area contributed by atoms with Crippen molar-refractivity contribution in [1.29, 1.82) is 0 Å². The summed E-state index contributed by atoms with van der Waals surface area (Å²) >= 11 is 1.36. The summed E-state index contributed by atoms with van der Waals surface area (Å²) in [4.78, 5) is 38.6. The monoisotopic (exact) mass is 385 g/mol. The molecule has 1 aromatic carbocycles. The quantitative estimate of drug-likeness (QED) is 0.774. The fourth-order valence-electron chi connectivity index (χ4n) is 3.55. The van der Waals surface area contributed by atoms with Gasteiger partial charge in [0, 0.05) is 12.5 Å². The van der Waals surface area contributed by atoms with Crippen LogP contribution in [0.1, 0.15) is 46.6 Å². The lowest BCUT2D eigenvalue weighted by atomic mass is 9.83. The van der Waals surface area contributed by atoms with E-state index in [0.717, 1.165) is 23.1 Å². The van der Waals surface area contributed by atoms with Crippen LogP contribution in [0.25, 0.3) is 0 Å². The number of phenols is 1. The summed E-state index contributed by atoms with van der Waals surface area (Å²) in [5.74, 6) is -0.0170. The zero-order chi connectivity index (χ0) is 19.6. The lowest BCUT2D eigenvalue weighted by molar-refractivity contribution is -0.139. The topological polar surface area (TPSA) is 74.7 Å². The summed E-state index contributed by atoms with van der Waals surface area (Å²) in [6.45, 7) is 3.41. The van der Waals surface area contributed by atoms with Crippen LogP contribution in [0.4, 0.5) is 0 Å². The van der Waals surface area contributed by atoms with E-state index >= 15 is 0 Å². The molecule has 1 aromatic heterocycles. The van der Waals surface area contributed by atoms with Gasteiger partial charge in [-0.1, -0.05) is 6.07 Å². The average molecular weight is 385 g/mol. The Labute approximate surface area is 162 Å². The van der Waals surface area contributed by atoms with Gasteiger partial charge in [-0.3, -0.25) is 14.4 Å². The molecule has 1 atom stereocenters. The molecule has 6 heteroatoms. The van der Waals surface area contributed by atoms with E-state index in [1.54, 1.807) is 23.1 Å². The minimum absolute atomic E-state index is 0.00262. The van der Waals surface area contributed by atoms with Crippen LogP contribution in [0.5, 0.6) is 5.75 Å². The molecule has 27 heavy (non-hydrogen) atoms. The number of thiophene rings is 1. The maximum absolute atomic E-state index is 13.1. The van der Waals surface area contributed by atoms with Crippen molar-refractivity contribution in [2.75, 3.05) is 6.54 Å². The molecule has 1 unspecified atom stereocenters. The smallest absolute Gasteiger partial charge is 0.226 e. The standard InChI is InChI=1S/C21H23NO4S/c1-13(23)10-22(11-15-7-20(14(2)24)27-12-15)21(26)18-4-3-17-9-19(25)6-5-16(17)8-18/h5-7,9,12,18,25H,3-4,8,10-11H2,1-2H3. The molecule has 1 aliphatic rings. The summed E-state index contributed by atoms with van der Waals surface area (Å²) in [6, 6.07) is 7.08. The van der Waals surface area contributed by atoms with E-state index in [4.69, 9.17) is 0 Å². The predicted molar refractivity (Wildman–Crippen MR) is 104 cm³/mol. The van der Waals surface area contributed by atoms with Crippen LogP contribution >= 0.6 is 11.3 Å². The summed E-state index contributed by atoms with van der Waals surface area (Å²) in [6.07, 6.45) is 2.05. The fraction of sp³-hybridized carbons (Fsp3) is 0.381. The van der Waals surface area contributed by atoms with E-state index < -0.39 is 0 Å². The minimum atomic E-state index is -0.174. The molecule has 1 N–H and O–H groups in total. The number of aryl methyl sites for hydroxylation is 1. The molecule has 2 aromatic rings. The number of carbonyl (C=O) groups is 3. The number of aromatic hydroxyl groups is 1. The van der Waals surface area contributed by atoms with Crippen molar-refractivity contribution in [3.05, 3.63) is 51.2 Å². The second kappa shape index (κ2) is 8.05. The molecule has 0 radical (unpaired) electrons. The molecule has 0 saturated heterocycles. The number of hydrogen-bond acceptors (Lipinski definition) is 5. The zero-order valence-electron chi connectivity index (χ0n) is 15.5. The van der Waals surface area contributed by atoms with Crippen LogP contribution in [0.3, 0.4) is 0 Å². The van der Waals surface area contributed by atoms with E-state index in [2.05, 4.69) is 0 Å². The molecule has 0 spiro atoms. The van der Waals surface area contributed by atoms with Crippen LogP contribution in [0.2, 0.25) is 0 Å². The Hall–Kier alpha value is -2.47. The first-order valence-corrected chi connectivity index (χ1v) is 9.88. The molecule has 142 valence electrons. The van der Waals surface area contributed by atoms with Crippen LogP contribution in [0, 0.1) is 5.92 Å². The second-order valence-electron chi connectivity index (χ2n) is 7.16. The molecule has 1 heterocycles. The molecule has 1 aliphatic carbocycles. The normalized spacial score (nSPS) is 15.9. The van der Waals surface area contributed by atoms with E-state index in [0.29, 0.717) is 24.3 Å². The molecular formula is C21H23NO4S. The molecule has 1 amide bonds. The van der Waals surface area contributed by atoms with Gasteiger partial charge in [0.15, 0.2) is 5.78 Å². The van der Waals surface area contributed by atoms with Crippen LogP contribution in [-0.4, -0.2) is 34.0 Å². The van der Waals surface area contributed by atoms with Gasteiger partial charge in [0.2, 0.25) is 5.91 Å². The molecule has 0 fully saturated rings. The zero-order valence-corrected chi connectivity index (χ0v) is 16.3. The summed E-state index contributed by atoms with van der Waals surface area (Å²) in [5, 5.41) is 11.5. The van der Waals surface area contributed by atoms with Gasteiger partial charge < -0.3 is 10.0 Å². The number of hydrogen-bond donors (Lipinski definition) is 1. The molecule has 5 nitrogen and oxygen atoms in total. The Morgan fingerprint density at radius 1 is 1.19 bits per heavy atom. The van der Waals surface area contributed by atoms with Crippen molar-refractivity contribution in [1.82, 2.24) is 4.90 Å².